The summed E-state index contributed by atoms with van der Waals surface area (Å²) in [5.41, 5.74) is 1.57. The van der Waals surface area contributed by atoms with Gasteiger partial charge in [0.15, 0.2) is 5.65 Å². The Hall–Kier alpha value is -1.95. The zero-order chi connectivity index (χ0) is 16.7. The number of fused-ring (bicyclic) bond motifs is 1. The summed E-state index contributed by atoms with van der Waals surface area (Å²) in [4.78, 5) is 21.5. The number of rotatable bonds is 4. The molecule has 1 amide bonds. The number of anilines is 1. The Labute approximate surface area is 149 Å². The number of nitrogens with zero attached hydrogens (tertiary/aromatic N) is 3. The molecule has 1 aliphatic carbocycles. The summed E-state index contributed by atoms with van der Waals surface area (Å²) in [6, 6.07) is 4.21. The maximum Gasteiger partial charge on any atom is 0.229 e. The van der Waals surface area contributed by atoms with Crippen LogP contribution in [0.25, 0.3) is 11.2 Å². The van der Waals surface area contributed by atoms with E-state index >= 15 is 0 Å². The van der Waals surface area contributed by atoms with E-state index in [9.17, 15) is 4.79 Å². The third-order valence-electron chi connectivity index (χ3n) is 5.11. The van der Waals surface area contributed by atoms with Crippen LogP contribution in [0.2, 0.25) is 0 Å². The molecule has 1 atom stereocenters. The minimum absolute atomic E-state index is 0. The van der Waals surface area contributed by atoms with Crippen LogP contribution in [0.1, 0.15) is 65.8 Å². The molecule has 0 radical (unpaired) electrons. The summed E-state index contributed by atoms with van der Waals surface area (Å²) in [7, 11) is 0. The minimum atomic E-state index is -0.117. The molecule has 2 aromatic rings. The summed E-state index contributed by atoms with van der Waals surface area (Å²) in [5.74, 6) is 0.587. The number of hydrogen-bond acceptors (Lipinski definition) is 4. The number of ether oxygens (including phenoxy) is 1. The predicted molar refractivity (Wildman–Crippen MR) is 98.6 cm³/mol. The number of carbonyl (C=O) groups excluding carboxylic acids is 1. The second-order valence-corrected chi connectivity index (χ2v) is 7.53. The molecule has 6 nitrogen and oxygen atoms in total. The zero-order valence-corrected chi connectivity index (χ0v) is 14.3. The fourth-order valence-electron chi connectivity index (χ4n) is 3.61. The van der Waals surface area contributed by atoms with E-state index < -0.39 is 0 Å². The summed E-state index contributed by atoms with van der Waals surface area (Å²) in [6.45, 7) is 4.15. The molecular formula is C19H28N4O2. The van der Waals surface area contributed by atoms with E-state index in [4.69, 9.17) is 4.74 Å². The summed E-state index contributed by atoms with van der Waals surface area (Å²) in [6.07, 6.45) is 7.53. The lowest BCUT2D eigenvalue weighted by molar-refractivity contribution is -0.119. The maximum absolute atomic E-state index is 12.5. The van der Waals surface area contributed by atoms with E-state index in [1.165, 1.54) is 6.42 Å². The van der Waals surface area contributed by atoms with Crippen molar-refractivity contribution in [2.24, 2.45) is 0 Å². The molecule has 1 saturated heterocycles. The van der Waals surface area contributed by atoms with Crippen molar-refractivity contribution in [3.63, 3.8) is 0 Å². The van der Waals surface area contributed by atoms with Crippen molar-refractivity contribution in [1.82, 2.24) is 14.5 Å². The van der Waals surface area contributed by atoms with Gasteiger partial charge in [0.2, 0.25) is 11.9 Å². The highest BCUT2D eigenvalue weighted by Gasteiger charge is 2.33. The van der Waals surface area contributed by atoms with Crippen molar-refractivity contribution >= 4 is 23.0 Å². The van der Waals surface area contributed by atoms with Gasteiger partial charge in [0.05, 0.1) is 18.1 Å². The number of nitrogens with one attached hydrogen (secondary N) is 1. The van der Waals surface area contributed by atoms with Crippen LogP contribution in [0.4, 0.5) is 5.95 Å². The van der Waals surface area contributed by atoms with Gasteiger partial charge in [-0.1, -0.05) is 7.43 Å². The van der Waals surface area contributed by atoms with Crippen LogP contribution in [0.5, 0.6) is 0 Å². The van der Waals surface area contributed by atoms with E-state index in [0.29, 0.717) is 18.4 Å². The minimum Gasteiger partial charge on any atom is -0.372 e. The molecule has 0 bridgehead atoms. The first kappa shape index (κ1) is 17.9. The Morgan fingerprint density at radius 1 is 1.40 bits per heavy atom. The highest BCUT2D eigenvalue weighted by Crippen LogP contribution is 2.36. The van der Waals surface area contributed by atoms with Gasteiger partial charge in [-0.3, -0.25) is 14.7 Å². The van der Waals surface area contributed by atoms with Gasteiger partial charge in [-0.2, -0.15) is 0 Å². The van der Waals surface area contributed by atoms with Crippen LogP contribution in [0.3, 0.4) is 0 Å². The molecule has 0 aromatic carbocycles. The van der Waals surface area contributed by atoms with Crippen molar-refractivity contribution in [1.29, 1.82) is 0 Å². The van der Waals surface area contributed by atoms with Crippen LogP contribution < -0.4 is 5.32 Å². The summed E-state index contributed by atoms with van der Waals surface area (Å²) >= 11 is 0. The van der Waals surface area contributed by atoms with Crippen LogP contribution >= 0.6 is 0 Å². The number of amides is 1. The van der Waals surface area contributed by atoms with Gasteiger partial charge in [-0.05, 0) is 58.1 Å². The molecule has 1 unspecified atom stereocenters. The average molecular weight is 344 g/mol. The maximum atomic E-state index is 12.5. The normalized spacial score (nSPS) is 22.4. The van der Waals surface area contributed by atoms with Crippen LogP contribution in [-0.2, 0) is 9.53 Å². The van der Waals surface area contributed by atoms with Crippen molar-refractivity contribution < 1.29 is 9.53 Å². The Bertz CT molecular complexity index is 764. The van der Waals surface area contributed by atoms with Gasteiger partial charge in [-0.25, -0.2) is 9.97 Å². The van der Waals surface area contributed by atoms with E-state index in [0.717, 1.165) is 36.8 Å². The van der Waals surface area contributed by atoms with Crippen molar-refractivity contribution in [2.45, 2.75) is 77.5 Å². The molecule has 136 valence electrons. The molecule has 25 heavy (non-hydrogen) atoms. The van der Waals surface area contributed by atoms with Crippen LogP contribution in [-0.4, -0.2) is 32.1 Å². The van der Waals surface area contributed by atoms with Crippen molar-refractivity contribution in [3.8, 4) is 0 Å². The highest BCUT2D eigenvalue weighted by molar-refractivity contribution is 5.91. The molecule has 0 spiro atoms. The topological polar surface area (TPSA) is 69.0 Å². The largest absolute Gasteiger partial charge is 0.372 e. The average Bonchev–Trinajstić information content (AvgIpc) is 2.98. The Kier molecular flexibility index (Phi) is 4.82. The molecule has 2 fully saturated rings. The first-order valence-electron chi connectivity index (χ1n) is 8.82. The van der Waals surface area contributed by atoms with Crippen LogP contribution in [0, 0.1) is 0 Å². The second-order valence-electron chi connectivity index (χ2n) is 7.53. The molecule has 2 aliphatic rings. The standard InChI is InChI=1S/C18H24N4O2.CH4/c1-18(2)9-8-13(24-18)11-15(23)21-17-20-14-7-4-10-19-16(14)22(17)12-5-3-6-12;/h4,7,10,12-13H,3,5-6,8-9,11H2,1-2H3,(H,20,21,23);1H4. The molecule has 6 heteroatoms. The van der Waals surface area contributed by atoms with Gasteiger partial charge in [0.25, 0.3) is 0 Å². The third kappa shape index (κ3) is 3.54. The number of hydrogen-bond donors (Lipinski definition) is 1. The molecular weight excluding hydrogens is 316 g/mol. The number of carbonyl (C=O) groups is 1. The highest BCUT2D eigenvalue weighted by atomic mass is 16.5. The predicted octanol–water partition coefficient (Wildman–Crippen LogP) is 4.08. The van der Waals surface area contributed by atoms with Gasteiger partial charge >= 0.3 is 0 Å². The number of pyridine rings is 1. The second kappa shape index (κ2) is 6.75. The molecule has 1 saturated carbocycles. The van der Waals surface area contributed by atoms with Crippen LogP contribution in [0.15, 0.2) is 18.3 Å². The molecule has 1 aliphatic heterocycles. The lowest BCUT2D eigenvalue weighted by atomic mass is 9.93. The monoisotopic (exact) mass is 344 g/mol. The Morgan fingerprint density at radius 3 is 2.84 bits per heavy atom. The lowest BCUT2D eigenvalue weighted by Crippen LogP contribution is -2.26. The van der Waals surface area contributed by atoms with Crippen molar-refractivity contribution in [2.75, 3.05) is 5.32 Å². The molecule has 3 heterocycles. The molecule has 1 N–H and O–H groups in total. The lowest BCUT2D eigenvalue weighted by Gasteiger charge is -2.28. The van der Waals surface area contributed by atoms with Crippen molar-refractivity contribution in [3.05, 3.63) is 18.3 Å². The fraction of sp³-hybridized carbons (Fsp3) is 0.632. The SMILES string of the molecule is C.CC1(C)CCC(CC(=O)Nc2nc3cccnc3n2C2CCC2)O1. The van der Waals surface area contributed by atoms with E-state index in [1.807, 2.05) is 12.1 Å². The summed E-state index contributed by atoms with van der Waals surface area (Å²) < 4.78 is 8.02. The van der Waals surface area contributed by atoms with E-state index in [2.05, 4.69) is 33.7 Å². The smallest absolute Gasteiger partial charge is 0.229 e. The van der Waals surface area contributed by atoms with Gasteiger partial charge in [0, 0.05) is 12.2 Å². The summed E-state index contributed by atoms with van der Waals surface area (Å²) in [5, 5.41) is 3.00. The molecule has 4 rings (SSSR count). The molecule has 2 aromatic heterocycles. The fourth-order valence-corrected chi connectivity index (χ4v) is 3.61. The first-order chi connectivity index (χ1) is 11.5. The first-order valence-corrected chi connectivity index (χ1v) is 8.82. The van der Waals surface area contributed by atoms with Gasteiger partial charge in [0.1, 0.15) is 5.52 Å². The van der Waals surface area contributed by atoms with E-state index in [-0.39, 0.29) is 25.0 Å². The third-order valence-corrected chi connectivity index (χ3v) is 5.11. The Morgan fingerprint density at radius 2 is 2.20 bits per heavy atom. The Balaban J connectivity index is 0.00000182. The quantitative estimate of drug-likeness (QED) is 0.907. The van der Waals surface area contributed by atoms with E-state index in [1.54, 1.807) is 6.20 Å². The van der Waals surface area contributed by atoms with Gasteiger partial charge in [-0.15, -0.1) is 0 Å². The van der Waals surface area contributed by atoms with Gasteiger partial charge < -0.3 is 4.74 Å². The number of aromatic nitrogens is 3. The zero-order valence-electron chi connectivity index (χ0n) is 14.3. The number of imidazole rings is 1.